The molecule has 7 nitrogen and oxygen atoms in total. The standard InChI is InChI=1S/C7H5BrN2O5/c8-5-2-7(10(14)15)6(9(12)13)1-4(5)3-11/h1-2,11H,3H2. The average Bonchev–Trinajstić information content (AvgIpc) is 2.16. The van der Waals surface area contributed by atoms with Crippen LogP contribution in [0, 0.1) is 20.2 Å². The van der Waals surface area contributed by atoms with Crippen LogP contribution in [-0.4, -0.2) is 15.0 Å². The molecule has 1 N–H and O–H groups in total. The van der Waals surface area contributed by atoms with E-state index < -0.39 is 27.8 Å². The zero-order chi connectivity index (χ0) is 11.6. The summed E-state index contributed by atoms with van der Waals surface area (Å²) in [5.74, 6) is 0. The summed E-state index contributed by atoms with van der Waals surface area (Å²) >= 11 is 2.97. The van der Waals surface area contributed by atoms with Gasteiger partial charge in [-0.15, -0.1) is 0 Å². The molecule has 0 aromatic heterocycles. The van der Waals surface area contributed by atoms with E-state index in [4.69, 9.17) is 5.11 Å². The number of nitro groups is 2. The first kappa shape index (κ1) is 11.5. The number of aliphatic hydroxyl groups is 1. The second-order valence-electron chi connectivity index (χ2n) is 2.60. The van der Waals surface area contributed by atoms with Gasteiger partial charge in [-0.25, -0.2) is 0 Å². The molecular weight excluding hydrogens is 272 g/mol. The van der Waals surface area contributed by atoms with Gasteiger partial charge in [-0.3, -0.25) is 20.2 Å². The van der Waals surface area contributed by atoms with Gasteiger partial charge in [-0.1, -0.05) is 15.9 Å². The van der Waals surface area contributed by atoms with Gasteiger partial charge >= 0.3 is 11.4 Å². The summed E-state index contributed by atoms with van der Waals surface area (Å²) in [5.41, 5.74) is -1.01. The van der Waals surface area contributed by atoms with Crippen molar-refractivity contribution < 1.29 is 15.0 Å². The van der Waals surface area contributed by atoms with E-state index in [9.17, 15) is 20.2 Å². The van der Waals surface area contributed by atoms with Crippen molar-refractivity contribution in [1.29, 1.82) is 0 Å². The molecule has 0 unspecified atom stereocenters. The Morgan fingerprint density at radius 1 is 1.20 bits per heavy atom. The Labute approximate surface area is 91.8 Å². The Morgan fingerprint density at radius 3 is 2.07 bits per heavy atom. The maximum Gasteiger partial charge on any atom is 0.347 e. The number of rotatable bonds is 3. The first-order chi connectivity index (χ1) is 6.97. The zero-order valence-electron chi connectivity index (χ0n) is 7.21. The van der Waals surface area contributed by atoms with Gasteiger partial charge in [0.25, 0.3) is 0 Å². The molecule has 15 heavy (non-hydrogen) atoms. The van der Waals surface area contributed by atoms with E-state index in [0.29, 0.717) is 0 Å². The number of halogens is 1. The Hall–Kier alpha value is -1.54. The highest BCUT2D eigenvalue weighted by Crippen LogP contribution is 2.32. The van der Waals surface area contributed by atoms with E-state index in [0.717, 1.165) is 12.1 Å². The Balaban J connectivity index is 3.45. The highest BCUT2D eigenvalue weighted by atomic mass is 79.9. The second kappa shape index (κ2) is 4.32. The SMILES string of the molecule is O=[N+]([O-])c1cc(Br)c(CO)cc1[N+](=O)[O-]. The first-order valence-corrected chi connectivity index (χ1v) is 4.48. The highest BCUT2D eigenvalue weighted by Gasteiger charge is 2.25. The van der Waals surface area contributed by atoms with Crippen LogP contribution in [0.15, 0.2) is 16.6 Å². The van der Waals surface area contributed by atoms with Crippen LogP contribution in [0.4, 0.5) is 11.4 Å². The fourth-order valence-corrected chi connectivity index (χ4v) is 1.46. The lowest BCUT2D eigenvalue weighted by atomic mass is 10.2. The van der Waals surface area contributed by atoms with E-state index in [-0.39, 0.29) is 10.0 Å². The maximum absolute atomic E-state index is 10.5. The summed E-state index contributed by atoms with van der Waals surface area (Å²) in [6.45, 7) is -0.431. The lowest BCUT2D eigenvalue weighted by molar-refractivity contribution is -0.422. The number of aliphatic hydroxyl groups excluding tert-OH is 1. The van der Waals surface area contributed by atoms with Crippen molar-refractivity contribution in [2.24, 2.45) is 0 Å². The molecule has 0 fully saturated rings. The van der Waals surface area contributed by atoms with Crippen LogP contribution >= 0.6 is 15.9 Å². The molecule has 0 saturated heterocycles. The molecule has 0 saturated carbocycles. The molecule has 0 radical (unpaired) electrons. The molecule has 0 aliphatic heterocycles. The maximum atomic E-state index is 10.5. The smallest absolute Gasteiger partial charge is 0.347 e. The fourth-order valence-electron chi connectivity index (χ4n) is 1.01. The number of nitrogens with zero attached hydrogens (tertiary/aromatic N) is 2. The van der Waals surface area contributed by atoms with E-state index in [1.165, 1.54) is 0 Å². The van der Waals surface area contributed by atoms with E-state index in [1.54, 1.807) is 0 Å². The summed E-state index contributed by atoms with van der Waals surface area (Å²) in [6.07, 6.45) is 0. The van der Waals surface area contributed by atoms with E-state index in [1.807, 2.05) is 0 Å². The summed E-state index contributed by atoms with van der Waals surface area (Å²) in [5, 5.41) is 29.8. The number of nitro benzene ring substituents is 2. The molecule has 1 aromatic rings. The predicted octanol–water partition coefficient (Wildman–Crippen LogP) is 1.76. The number of benzene rings is 1. The summed E-state index contributed by atoms with van der Waals surface area (Å²) < 4.78 is 0.266. The predicted molar refractivity (Wildman–Crippen MR) is 53.4 cm³/mol. The van der Waals surface area contributed by atoms with Gasteiger partial charge in [0.05, 0.1) is 16.5 Å². The molecule has 0 aliphatic carbocycles. The van der Waals surface area contributed by atoms with Crippen LogP contribution in [-0.2, 0) is 6.61 Å². The Morgan fingerprint density at radius 2 is 1.67 bits per heavy atom. The normalized spacial score (nSPS) is 10.0. The molecule has 0 atom stereocenters. The third-order valence-electron chi connectivity index (χ3n) is 1.71. The lowest BCUT2D eigenvalue weighted by Gasteiger charge is -2.01. The molecule has 80 valence electrons. The van der Waals surface area contributed by atoms with Crippen LogP contribution in [0.3, 0.4) is 0 Å². The minimum Gasteiger partial charge on any atom is -0.392 e. The summed E-state index contributed by atoms with van der Waals surface area (Å²) in [7, 11) is 0. The Bertz CT molecular complexity index is 434. The third-order valence-corrected chi connectivity index (χ3v) is 2.45. The summed E-state index contributed by atoms with van der Waals surface area (Å²) in [4.78, 5) is 19.3. The van der Waals surface area contributed by atoms with E-state index in [2.05, 4.69) is 15.9 Å². The fraction of sp³-hybridized carbons (Fsp3) is 0.143. The molecular formula is C7H5BrN2O5. The van der Waals surface area contributed by atoms with Gasteiger partial charge < -0.3 is 5.11 Å². The van der Waals surface area contributed by atoms with Crippen molar-refractivity contribution in [3.63, 3.8) is 0 Å². The van der Waals surface area contributed by atoms with Crippen LogP contribution in [0.25, 0.3) is 0 Å². The van der Waals surface area contributed by atoms with Gasteiger partial charge in [0, 0.05) is 16.6 Å². The van der Waals surface area contributed by atoms with Crippen molar-refractivity contribution >= 4 is 27.3 Å². The van der Waals surface area contributed by atoms with Gasteiger partial charge in [0.1, 0.15) is 0 Å². The van der Waals surface area contributed by atoms with Crippen molar-refractivity contribution in [3.05, 3.63) is 42.4 Å². The molecule has 0 heterocycles. The van der Waals surface area contributed by atoms with Crippen LogP contribution in [0.5, 0.6) is 0 Å². The van der Waals surface area contributed by atoms with Gasteiger partial charge in [-0.2, -0.15) is 0 Å². The zero-order valence-corrected chi connectivity index (χ0v) is 8.80. The third kappa shape index (κ3) is 2.28. The number of hydrogen-bond acceptors (Lipinski definition) is 5. The van der Waals surface area contributed by atoms with Crippen molar-refractivity contribution in [1.82, 2.24) is 0 Å². The molecule has 8 heteroatoms. The lowest BCUT2D eigenvalue weighted by Crippen LogP contribution is -1.98. The Kier molecular flexibility index (Phi) is 3.32. The molecule has 0 aliphatic rings. The van der Waals surface area contributed by atoms with Gasteiger partial charge in [0.2, 0.25) is 0 Å². The van der Waals surface area contributed by atoms with Crippen molar-refractivity contribution in [2.75, 3.05) is 0 Å². The largest absolute Gasteiger partial charge is 0.392 e. The minimum absolute atomic E-state index is 0.229. The molecule has 1 rings (SSSR count). The van der Waals surface area contributed by atoms with Crippen molar-refractivity contribution in [3.8, 4) is 0 Å². The molecule has 1 aromatic carbocycles. The summed E-state index contributed by atoms with van der Waals surface area (Å²) in [6, 6.07) is 1.98. The highest BCUT2D eigenvalue weighted by molar-refractivity contribution is 9.10. The van der Waals surface area contributed by atoms with Crippen molar-refractivity contribution in [2.45, 2.75) is 6.61 Å². The van der Waals surface area contributed by atoms with Crippen LogP contribution < -0.4 is 0 Å². The monoisotopic (exact) mass is 276 g/mol. The molecule has 0 amide bonds. The average molecular weight is 277 g/mol. The minimum atomic E-state index is -0.857. The number of hydrogen-bond donors (Lipinski definition) is 1. The molecule has 0 spiro atoms. The first-order valence-electron chi connectivity index (χ1n) is 3.69. The van der Waals surface area contributed by atoms with Gasteiger partial charge in [-0.05, 0) is 5.56 Å². The van der Waals surface area contributed by atoms with Gasteiger partial charge in [0.15, 0.2) is 0 Å². The molecule has 0 bridgehead atoms. The van der Waals surface area contributed by atoms with E-state index >= 15 is 0 Å². The quantitative estimate of drug-likeness (QED) is 0.669. The topological polar surface area (TPSA) is 107 Å². The van der Waals surface area contributed by atoms with Crippen LogP contribution in [0.2, 0.25) is 0 Å². The second-order valence-corrected chi connectivity index (χ2v) is 3.46. The van der Waals surface area contributed by atoms with Crippen LogP contribution in [0.1, 0.15) is 5.56 Å².